The topological polar surface area (TPSA) is 37.8 Å². The number of anilines is 1. The second-order valence-electron chi connectivity index (χ2n) is 5.07. The molecule has 0 aromatic carbocycles. The van der Waals surface area contributed by atoms with Crippen molar-refractivity contribution in [2.24, 2.45) is 11.8 Å². The minimum absolute atomic E-state index is 0.597. The largest absolute Gasteiger partial charge is 0.380 e. The van der Waals surface area contributed by atoms with Crippen molar-refractivity contribution in [3.05, 3.63) is 18.7 Å². The van der Waals surface area contributed by atoms with Crippen LogP contribution in [-0.4, -0.2) is 16.0 Å². The van der Waals surface area contributed by atoms with Crippen molar-refractivity contribution in [1.29, 1.82) is 0 Å². The molecule has 2 unspecified atom stereocenters. The number of nitrogens with zero attached hydrogens (tertiary/aromatic N) is 2. The third kappa shape index (κ3) is 2.71. The average Bonchev–Trinajstić information content (AvgIpc) is 2.31. The lowest BCUT2D eigenvalue weighted by Gasteiger charge is -2.35. The van der Waals surface area contributed by atoms with Crippen molar-refractivity contribution in [3.8, 4) is 0 Å². The van der Waals surface area contributed by atoms with E-state index >= 15 is 0 Å². The zero-order valence-electron chi connectivity index (χ0n) is 10.2. The number of nitrogens with one attached hydrogen (secondary N) is 1. The van der Waals surface area contributed by atoms with Crippen LogP contribution in [0, 0.1) is 11.8 Å². The van der Waals surface area contributed by atoms with E-state index in [9.17, 15) is 0 Å². The Morgan fingerprint density at radius 2 is 1.88 bits per heavy atom. The molecule has 2 rings (SSSR count). The van der Waals surface area contributed by atoms with Crippen LogP contribution in [0.4, 0.5) is 5.69 Å². The Bertz CT molecular complexity index is 310. The molecular weight excluding hydrogens is 198 g/mol. The molecule has 1 saturated carbocycles. The monoisotopic (exact) mass is 219 g/mol. The van der Waals surface area contributed by atoms with Gasteiger partial charge in [-0.3, -0.25) is 0 Å². The van der Waals surface area contributed by atoms with E-state index in [-0.39, 0.29) is 0 Å². The van der Waals surface area contributed by atoms with Crippen molar-refractivity contribution in [2.45, 2.75) is 45.6 Å². The summed E-state index contributed by atoms with van der Waals surface area (Å²) in [6.07, 6.45) is 10.6. The van der Waals surface area contributed by atoms with E-state index in [0.29, 0.717) is 6.04 Å². The maximum Gasteiger partial charge on any atom is 0.115 e. The van der Waals surface area contributed by atoms with E-state index in [4.69, 9.17) is 0 Å². The Kier molecular flexibility index (Phi) is 3.75. The van der Waals surface area contributed by atoms with Crippen LogP contribution in [0.5, 0.6) is 0 Å². The molecule has 0 bridgehead atoms. The van der Waals surface area contributed by atoms with Gasteiger partial charge in [-0.05, 0) is 24.7 Å². The maximum absolute atomic E-state index is 4.05. The van der Waals surface area contributed by atoms with Crippen LogP contribution in [0.2, 0.25) is 0 Å². The van der Waals surface area contributed by atoms with Gasteiger partial charge < -0.3 is 5.32 Å². The molecule has 3 heteroatoms. The Morgan fingerprint density at radius 3 is 2.56 bits per heavy atom. The summed E-state index contributed by atoms with van der Waals surface area (Å²) in [6, 6.07) is 0.597. The van der Waals surface area contributed by atoms with Gasteiger partial charge in [-0.25, -0.2) is 9.97 Å². The maximum atomic E-state index is 4.05. The number of hydrogen-bond acceptors (Lipinski definition) is 3. The first kappa shape index (κ1) is 11.4. The summed E-state index contributed by atoms with van der Waals surface area (Å²) < 4.78 is 0. The van der Waals surface area contributed by atoms with Gasteiger partial charge in [0.2, 0.25) is 0 Å². The van der Waals surface area contributed by atoms with E-state index in [1.54, 1.807) is 6.33 Å². The van der Waals surface area contributed by atoms with Crippen LogP contribution in [0.3, 0.4) is 0 Å². The summed E-state index contributed by atoms with van der Waals surface area (Å²) >= 11 is 0. The molecule has 16 heavy (non-hydrogen) atoms. The van der Waals surface area contributed by atoms with Gasteiger partial charge in [-0.15, -0.1) is 0 Å². The zero-order valence-corrected chi connectivity index (χ0v) is 10.2. The van der Waals surface area contributed by atoms with Crippen molar-refractivity contribution in [1.82, 2.24) is 9.97 Å². The standard InChI is InChI=1S/C13H21N3/c1-10(2)12-5-3-4-6-13(12)16-11-7-14-9-15-8-11/h7-10,12-13,16H,3-6H2,1-2H3. The second-order valence-corrected chi connectivity index (χ2v) is 5.07. The predicted molar refractivity (Wildman–Crippen MR) is 66.2 cm³/mol. The summed E-state index contributed by atoms with van der Waals surface area (Å²) in [7, 11) is 0. The summed E-state index contributed by atoms with van der Waals surface area (Å²) in [5.74, 6) is 1.54. The van der Waals surface area contributed by atoms with E-state index in [0.717, 1.165) is 17.5 Å². The molecule has 2 atom stereocenters. The lowest BCUT2D eigenvalue weighted by molar-refractivity contribution is 0.254. The molecule has 3 nitrogen and oxygen atoms in total. The first-order valence-corrected chi connectivity index (χ1v) is 6.29. The fourth-order valence-electron chi connectivity index (χ4n) is 2.72. The highest BCUT2D eigenvalue weighted by atomic mass is 15.0. The van der Waals surface area contributed by atoms with E-state index in [1.807, 2.05) is 12.4 Å². The number of rotatable bonds is 3. The van der Waals surface area contributed by atoms with E-state index in [1.165, 1.54) is 25.7 Å². The fourth-order valence-corrected chi connectivity index (χ4v) is 2.72. The predicted octanol–water partition coefficient (Wildman–Crippen LogP) is 3.10. The van der Waals surface area contributed by atoms with E-state index in [2.05, 4.69) is 29.1 Å². The van der Waals surface area contributed by atoms with Crippen molar-refractivity contribution >= 4 is 5.69 Å². The molecule has 0 saturated heterocycles. The van der Waals surface area contributed by atoms with Gasteiger partial charge in [0.1, 0.15) is 6.33 Å². The van der Waals surface area contributed by atoms with Crippen LogP contribution in [0.15, 0.2) is 18.7 Å². The first-order valence-electron chi connectivity index (χ1n) is 6.29. The molecular formula is C13H21N3. The van der Waals surface area contributed by atoms with Gasteiger partial charge in [0.15, 0.2) is 0 Å². The fraction of sp³-hybridized carbons (Fsp3) is 0.692. The third-order valence-electron chi connectivity index (χ3n) is 3.59. The minimum Gasteiger partial charge on any atom is -0.380 e. The van der Waals surface area contributed by atoms with Gasteiger partial charge in [-0.2, -0.15) is 0 Å². The van der Waals surface area contributed by atoms with Crippen LogP contribution in [-0.2, 0) is 0 Å². The highest BCUT2D eigenvalue weighted by molar-refractivity contribution is 5.38. The molecule has 1 heterocycles. The Labute approximate surface area is 97.7 Å². The van der Waals surface area contributed by atoms with E-state index < -0.39 is 0 Å². The average molecular weight is 219 g/mol. The molecule has 1 aromatic heterocycles. The Morgan fingerprint density at radius 1 is 1.19 bits per heavy atom. The van der Waals surface area contributed by atoms with Crippen LogP contribution < -0.4 is 5.32 Å². The van der Waals surface area contributed by atoms with Crippen LogP contribution in [0.1, 0.15) is 39.5 Å². The normalized spacial score (nSPS) is 25.7. The molecule has 0 aliphatic heterocycles. The SMILES string of the molecule is CC(C)C1CCCCC1Nc1cncnc1. The molecule has 1 aromatic rings. The van der Waals surface area contributed by atoms with Gasteiger partial charge in [0.25, 0.3) is 0 Å². The summed E-state index contributed by atoms with van der Waals surface area (Å²) in [4.78, 5) is 8.09. The highest BCUT2D eigenvalue weighted by Crippen LogP contribution is 2.31. The van der Waals surface area contributed by atoms with Crippen LogP contribution in [0.25, 0.3) is 0 Å². The van der Waals surface area contributed by atoms with Crippen molar-refractivity contribution in [3.63, 3.8) is 0 Å². The molecule has 1 aliphatic carbocycles. The zero-order chi connectivity index (χ0) is 11.4. The Hall–Kier alpha value is -1.12. The minimum atomic E-state index is 0.597. The second kappa shape index (κ2) is 5.28. The van der Waals surface area contributed by atoms with Crippen molar-refractivity contribution in [2.75, 3.05) is 5.32 Å². The third-order valence-corrected chi connectivity index (χ3v) is 3.59. The highest BCUT2D eigenvalue weighted by Gasteiger charge is 2.27. The molecule has 0 spiro atoms. The summed E-state index contributed by atoms with van der Waals surface area (Å²) in [6.45, 7) is 4.65. The molecule has 1 aliphatic rings. The number of hydrogen-bond donors (Lipinski definition) is 1. The number of aromatic nitrogens is 2. The smallest absolute Gasteiger partial charge is 0.115 e. The quantitative estimate of drug-likeness (QED) is 0.848. The lowest BCUT2D eigenvalue weighted by Crippen LogP contribution is -2.35. The van der Waals surface area contributed by atoms with Crippen molar-refractivity contribution < 1.29 is 0 Å². The molecule has 1 N–H and O–H groups in total. The van der Waals surface area contributed by atoms with Crippen LogP contribution >= 0.6 is 0 Å². The van der Waals surface area contributed by atoms with Gasteiger partial charge >= 0.3 is 0 Å². The molecule has 88 valence electrons. The summed E-state index contributed by atoms with van der Waals surface area (Å²) in [5, 5.41) is 3.59. The summed E-state index contributed by atoms with van der Waals surface area (Å²) in [5.41, 5.74) is 1.06. The van der Waals surface area contributed by atoms with Gasteiger partial charge in [0.05, 0.1) is 18.1 Å². The lowest BCUT2D eigenvalue weighted by atomic mass is 9.78. The molecule has 0 radical (unpaired) electrons. The molecule has 1 fully saturated rings. The Balaban J connectivity index is 2.01. The first-order chi connectivity index (χ1) is 7.77. The van der Waals surface area contributed by atoms with Gasteiger partial charge in [-0.1, -0.05) is 26.7 Å². The van der Waals surface area contributed by atoms with Gasteiger partial charge in [0, 0.05) is 6.04 Å². The molecule has 0 amide bonds.